The highest BCUT2D eigenvalue weighted by Crippen LogP contribution is 2.23. The van der Waals surface area contributed by atoms with Crippen LogP contribution in [-0.4, -0.2) is 4.57 Å². The molecule has 0 spiro atoms. The van der Waals surface area contributed by atoms with Gasteiger partial charge in [0, 0.05) is 18.3 Å². The molecule has 3 rings (SSSR count). The summed E-state index contributed by atoms with van der Waals surface area (Å²) in [7, 11) is 0. The molecule has 0 unspecified atom stereocenters. The molecule has 0 saturated heterocycles. The fraction of sp³-hybridized carbons (Fsp3) is 0.300. The van der Waals surface area contributed by atoms with Gasteiger partial charge in [-0.15, -0.1) is 0 Å². The lowest BCUT2D eigenvalue weighted by molar-refractivity contribution is 0.590. The number of fused-ring (bicyclic) bond motifs is 1. The van der Waals surface area contributed by atoms with Crippen LogP contribution in [0.15, 0.2) is 54.7 Å². The van der Waals surface area contributed by atoms with Gasteiger partial charge in [-0.2, -0.15) is 0 Å². The van der Waals surface area contributed by atoms with Crippen LogP contribution in [0.4, 0.5) is 0 Å². The predicted octanol–water partition coefficient (Wildman–Crippen LogP) is 5.30. The molecule has 108 valence electrons. The fourth-order valence-corrected chi connectivity index (χ4v) is 2.76. The summed E-state index contributed by atoms with van der Waals surface area (Å²) in [5, 5.41) is 1.32. The Morgan fingerprint density at radius 1 is 0.905 bits per heavy atom. The first-order valence-electron chi connectivity index (χ1n) is 7.58. The van der Waals surface area contributed by atoms with E-state index in [2.05, 4.69) is 87.0 Å². The second-order valence-corrected chi connectivity index (χ2v) is 6.95. The minimum absolute atomic E-state index is 0.218. The van der Waals surface area contributed by atoms with Crippen molar-refractivity contribution in [3.63, 3.8) is 0 Å². The van der Waals surface area contributed by atoms with Gasteiger partial charge in [-0.25, -0.2) is 0 Å². The van der Waals surface area contributed by atoms with Crippen LogP contribution in [0.5, 0.6) is 0 Å². The van der Waals surface area contributed by atoms with E-state index in [1.807, 2.05) is 0 Å². The molecule has 1 heterocycles. The van der Waals surface area contributed by atoms with Crippen molar-refractivity contribution < 1.29 is 0 Å². The van der Waals surface area contributed by atoms with Crippen LogP contribution in [0.2, 0.25) is 0 Å². The van der Waals surface area contributed by atoms with Gasteiger partial charge < -0.3 is 4.57 Å². The highest BCUT2D eigenvalue weighted by molar-refractivity contribution is 5.80. The van der Waals surface area contributed by atoms with E-state index in [4.69, 9.17) is 0 Å². The molecule has 0 saturated carbocycles. The third kappa shape index (κ3) is 2.87. The van der Waals surface area contributed by atoms with Gasteiger partial charge in [0.05, 0.1) is 0 Å². The summed E-state index contributed by atoms with van der Waals surface area (Å²) < 4.78 is 2.32. The van der Waals surface area contributed by atoms with Crippen LogP contribution in [-0.2, 0) is 12.0 Å². The molecule has 0 atom stereocenters. The smallest absolute Gasteiger partial charge is 0.0483 e. The lowest BCUT2D eigenvalue weighted by Crippen LogP contribution is -2.10. The highest BCUT2D eigenvalue weighted by atomic mass is 14.9. The normalized spacial score (nSPS) is 12.0. The monoisotopic (exact) mass is 277 g/mol. The second-order valence-electron chi connectivity index (χ2n) is 6.95. The average Bonchev–Trinajstić information content (AvgIpc) is 2.80. The van der Waals surface area contributed by atoms with Gasteiger partial charge in [-0.3, -0.25) is 0 Å². The highest BCUT2D eigenvalue weighted by Gasteiger charge is 2.12. The van der Waals surface area contributed by atoms with E-state index < -0.39 is 0 Å². The SMILES string of the molecule is Cc1ccc2c(ccn2Cc2ccc(C(C)(C)C)cc2)c1. The van der Waals surface area contributed by atoms with E-state index in [0.29, 0.717) is 0 Å². The van der Waals surface area contributed by atoms with Crippen molar-refractivity contribution in [1.29, 1.82) is 0 Å². The Morgan fingerprint density at radius 3 is 2.29 bits per heavy atom. The van der Waals surface area contributed by atoms with Gasteiger partial charge in [0.1, 0.15) is 0 Å². The van der Waals surface area contributed by atoms with Crippen molar-refractivity contribution in [1.82, 2.24) is 4.57 Å². The largest absolute Gasteiger partial charge is 0.343 e. The lowest BCUT2D eigenvalue weighted by atomic mass is 9.87. The van der Waals surface area contributed by atoms with Crippen molar-refractivity contribution in [2.24, 2.45) is 0 Å². The molecular weight excluding hydrogens is 254 g/mol. The average molecular weight is 277 g/mol. The molecule has 0 aliphatic heterocycles. The lowest BCUT2D eigenvalue weighted by Gasteiger charge is -2.19. The minimum Gasteiger partial charge on any atom is -0.343 e. The number of aryl methyl sites for hydroxylation is 1. The summed E-state index contributed by atoms with van der Waals surface area (Å²) in [5.41, 5.74) is 5.58. The van der Waals surface area contributed by atoms with E-state index in [1.165, 1.54) is 27.6 Å². The fourth-order valence-electron chi connectivity index (χ4n) is 2.76. The van der Waals surface area contributed by atoms with Crippen LogP contribution in [0, 0.1) is 6.92 Å². The quantitative estimate of drug-likeness (QED) is 0.599. The number of hydrogen-bond acceptors (Lipinski definition) is 0. The summed E-state index contributed by atoms with van der Waals surface area (Å²) in [6.07, 6.45) is 2.18. The first-order valence-corrected chi connectivity index (χ1v) is 7.58. The molecule has 0 radical (unpaired) electrons. The van der Waals surface area contributed by atoms with Gasteiger partial charge in [-0.1, -0.05) is 56.7 Å². The van der Waals surface area contributed by atoms with Gasteiger partial charge in [0.2, 0.25) is 0 Å². The topological polar surface area (TPSA) is 4.93 Å². The van der Waals surface area contributed by atoms with Crippen LogP contribution >= 0.6 is 0 Å². The van der Waals surface area contributed by atoms with Crippen molar-refractivity contribution >= 4 is 10.9 Å². The van der Waals surface area contributed by atoms with E-state index in [1.54, 1.807) is 0 Å². The molecule has 3 aromatic rings. The summed E-state index contributed by atoms with van der Waals surface area (Å²) in [6, 6.07) is 17.9. The van der Waals surface area contributed by atoms with E-state index in [0.717, 1.165) is 6.54 Å². The third-order valence-corrected chi connectivity index (χ3v) is 4.10. The van der Waals surface area contributed by atoms with Crippen molar-refractivity contribution in [3.8, 4) is 0 Å². The summed E-state index contributed by atoms with van der Waals surface area (Å²) in [6.45, 7) is 9.83. The van der Waals surface area contributed by atoms with Crippen molar-refractivity contribution in [2.75, 3.05) is 0 Å². The molecule has 0 bridgehead atoms. The number of rotatable bonds is 2. The van der Waals surface area contributed by atoms with Crippen molar-refractivity contribution in [3.05, 3.63) is 71.4 Å². The zero-order valence-corrected chi connectivity index (χ0v) is 13.4. The van der Waals surface area contributed by atoms with Crippen LogP contribution < -0.4 is 0 Å². The van der Waals surface area contributed by atoms with E-state index >= 15 is 0 Å². The summed E-state index contributed by atoms with van der Waals surface area (Å²) in [4.78, 5) is 0. The Morgan fingerprint density at radius 2 is 1.62 bits per heavy atom. The summed E-state index contributed by atoms with van der Waals surface area (Å²) >= 11 is 0. The molecule has 1 heteroatoms. The number of aromatic nitrogens is 1. The summed E-state index contributed by atoms with van der Waals surface area (Å²) in [5.74, 6) is 0. The third-order valence-electron chi connectivity index (χ3n) is 4.10. The zero-order chi connectivity index (χ0) is 15.0. The molecule has 2 aromatic carbocycles. The first-order chi connectivity index (χ1) is 9.93. The number of hydrogen-bond donors (Lipinski definition) is 0. The Labute approximate surface area is 127 Å². The molecule has 1 aromatic heterocycles. The Hall–Kier alpha value is -2.02. The zero-order valence-electron chi connectivity index (χ0n) is 13.4. The van der Waals surface area contributed by atoms with E-state index in [-0.39, 0.29) is 5.41 Å². The Kier molecular flexibility index (Phi) is 3.36. The standard InChI is InChI=1S/C20H23N/c1-15-5-10-19-17(13-15)11-12-21(19)14-16-6-8-18(9-7-16)20(2,3)4/h5-13H,14H2,1-4H3. The van der Waals surface area contributed by atoms with Crippen molar-refractivity contribution in [2.45, 2.75) is 39.7 Å². The van der Waals surface area contributed by atoms with Crippen LogP contribution in [0.25, 0.3) is 10.9 Å². The molecule has 0 N–H and O–H groups in total. The maximum absolute atomic E-state index is 2.32. The first kappa shape index (κ1) is 13.9. The van der Waals surface area contributed by atoms with Gasteiger partial charge >= 0.3 is 0 Å². The maximum Gasteiger partial charge on any atom is 0.0483 e. The minimum atomic E-state index is 0.218. The molecular formula is C20H23N. The molecule has 0 aliphatic rings. The van der Waals surface area contributed by atoms with Gasteiger partial charge in [-0.05, 0) is 47.1 Å². The van der Waals surface area contributed by atoms with Crippen LogP contribution in [0.1, 0.15) is 37.5 Å². The molecule has 1 nitrogen and oxygen atoms in total. The maximum atomic E-state index is 2.32. The molecule has 0 aliphatic carbocycles. The van der Waals surface area contributed by atoms with Gasteiger partial charge in [0.25, 0.3) is 0 Å². The Bertz CT molecular complexity index is 755. The number of nitrogens with zero attached hydrogens (tertiary/aromatic N) is 1. The Balaban J connectivity index is 1.88. The van der Waals surface area contributed by atoms with E-state index in [9.17, 15) is 0 Å². The second kappa shape index (κ2) is 5.07. The molecule has 21 heavy (non-hydrogen) atoms. The molecule has 0 fully saturated rings. The number of benzene rings is 2. The van der Waals surface area contributed by atoms with Gasteiger partial charge in [0.15, 0.2) is 0 Å². The molecule has 0 amide bonds. The van der Waals surface area contributed by atoms with Crippen LogP contribution in [0.3, 0.4) is 0 Å². The predicted molar refractivity (Wildman–Crippen MR) is 90.9 cm³/mol.